The second-order valence-corrected chi connectivity index (χ2v) is 11.8. The Morgan fingerprint density at radius 3 is 2.60 bits per heavy atom. The molecule has 3 heterocycles. The first-order chi connectivity index (χ1) is 20.6. The van der Waals surface area contributed by atoms with Gasteiger partial charge in [-0.2, -0.15) is 0 Å². The first-order valence-electron chi connectivity index (χ1n) is 13.2. The van der Waals surface area contributed by atoms with E-state index in [1.54, 1.807) is 63.4 Å². The number of hydrogen-bond acceptors (Lipinski definition) is 7. The fraction of sp³-hybridized carbons (Fsp3) is 0.129. The van der Waals surface area contributed by atoms with Crippen LogP contribution in [0, 0.1) is 19.7 Å². The first kappa shape index (κ1) is 27.9. The minimum absolute atomic E-state index is 0.0141. The van der Waals surface area contributed by atoms with E-state index in [9.17, 15) is 17.6 Å². The Kier molecular flexibility index (Phi) is 7.06. The Labute approximate surface area is 246 Å². The van der Waals surface area contributed by atoms with Gasteiger partial charge in [0.15, 0.2) is 0 Å². The molecular weight excluding hydrogens is 573 g/mol. The summed E-state index contributed by atoms with van der Waals surface area (Å²) in [5, 5.41) is 4.42. The maximum Gasteiger partial charge on any atom is 0.270 e. The van der Waals surface area contributed by atoms with E-state index >= 15 is 0 Å². The maximum atomic E-state index is 13.7. The summed E-state index contributed by atoms with van der Waals surface area (Å²) < 4.78 is 54.2. The molecule has 3 aromatic heterocycles. The second-order valence-electron chi connectivity index (χ2n) is 10.1. The quantitative estimate of drug-likeness (QED) is 0.209. The molecule has 0 aliphatic rings. The zero-order valence-corrected chi connectivity index (χ0v) is 24.2. The van der Waals surface area contributed by atoms with Gasteiger partial charge < -0.3 is 18.8 Å². The number of halogens is 1. The Bertz CT molecular complexity index is 2080. The lowest BCUT2D eigenvalue weighted by molar-refractivity contribution is 0.0780. The number of aromatic nitrogens is 3. The molecule has 12 heteroatoms. The number of aryl methyl sites for hydroxylation is 1. The van der Waals surface area contributed by atoms with Crippen LogP contribution in [0.2, 0.25) is 0 Å². The van der Waals surface area contributed by atoms with Crippen molar-refractivity contribution in [3.63, 3.8) is 0 Å². The van der Waals surface area contributed by atoms with Crippen LogP contribution in [0.25, 0.3) is 33.5 Å². The summed E-state index contributed by atoms with van der Waals surface area (Å²) in [6.45, 7) is 3.54. The van der Waals surface area contributed by atoms with E-state index in [0.717, 1.165) is 0 Å². The number of amides is 1. The summed E-state index contributed by atoms with van der Waals surface area (Å²) in [4.78, 5) is 22.3. The number of hydrogen-bond donors (Lipinski definition) is 2. The van der Waals surface area contributed by atoms with E-state index in [1.165, 1.54) is 35.6 Å². The van der Waals surface area contributed by atoms with Crippen molar-refractivity contribution in [2.24, 2.45) is 0 Å². The molecule has 6 aromatic rings. The number of rotatable bonds is 8. The van der Waals surface area contributed by atoms with Crippen molar-refractivity contribution in [3.8, 4) is 22.6 Å². The molecule has 1 amide bonds. The van der Waals surface area contributed by atoms with Gasteiger partial charge in [0.1, 0.15) is 17.8 Å². The Morgan fingerprint density at radius 2 is 1.86 bits per heavy atom. The zero-order chi connectivity index (χ0) is 30.3. The highest BCUT2D eigenvalue weighted by Crippen LogP contribution is 2.35. The van der Waals surface area contributed by atoms with Crippen LogP contribution in [-0.4, -0.2) is 41.4 Å². The van der Waals surface area contributed by atoms with Gasteiger partial charge in [0.2, 0.25) is 11.8 Å². The third-order valence-corrected chi connectivity index (χ3v) is 8.59. The smallest absolute Gasteiger partial charge is 0.270 e. The van der Waals surface area contributed by atoms with E-state index in [-0.39, 0.29) is 23.2 Å². The summed E-state index contributed by atoms with van der Waals surface area (Å²) >= 11 is 0. The number of oxazole rings is 1. The lowest BCUT2D eigenvalue weighted by Gasteiger charge is -2.21. The Morgan fingerprint density at radius 1 is 1.05 bits per heavy atom. The molecule has 6 rings (SSSR count). The molecule has 0 aliphatic carbocycles. The third-order valence-electron chi connectivity index (χ3n) is 7.20. The van der Waals surface area contributed by atoms with E-state index in [4.69, 9.17) is 8.94 Å². The van der Waals surface area contributed by atoms with Gasteiger partial charge in [-0.25, -0.2) is 22.5 Å². The number of nitrogens with zero attached hydrogens (tertiary/aromatic N) is 3. The van der Waals surface area contributed by atoms with Crippen molar-refractivity contribution in [3.05, 3.63) is 108 Å². The van der Waals surface area contributed by atoms with Crippen LogP contribution in [0.4, 0.5) is 10.3 Å². The van der Waals surface area contributed by atoms with Crippen molar-refractivity contribution in [2.75, 3.05) is 11.8 Å². The standard InChI is InChI=1S/C31H26FN5O5S/c1-18-19(2)35-42-29(18)36-43(39,40)28-7-5-4-6-25(28)24-10-8-20(30-33-12-13-41-30)14-22(24)17-37(3)31(38)27-16-21-15-23(32)9-11-26(21)34-27/h4-16,34,36H,17H2,1-3H3. The van der Waals surface area contributed by atoms with Gasteiger partial charge in [-0.3, -0.25) is 4.79 Å². The van der Waals surface area contributed by atoms with E-state index in [0.29, 0.717) is 56.0 Å². The van der Waals surface area contributed by atoms with Crippen molar-refractivity contribution in [2.45, 2.75) is 25.3 Å². The number of H-pyrrole nitrogens is 1. The SMILES string of the molecule is Cc1noc(NS(=O)(=O)c2ccccc2-c2ccc(-c3ncco3)cc2CN(C)C(=O)c2cc3cc(F)ccc3[nH]2)c1C. The minimum Gasteiger partial charge on any atom is -0.445 e. The molecule has 0 saturated heterocycles. The largest absolute Gasteiger partial charge is 0.445 e. The number of carbonyl (C=O) groups excluding carboxylic acids is 1. The molecule has 0 aliphatic heterocycles. The van der Waals surface area contributed by atoms with Crippen LogP contribution in [0.15, 0.2) is 93.0 Å². The van der Waals surface area contributed by atoms with E-state index in [2.05, 4.69) is 19.8 Å². The Balaban J connectivity index is 1.40. The summed E-state index contributed by atoms with van der Waals surface area (Å²) in [6.07, 6.45) is 2.98. The molecule has 0 bridgehead atoms. The van der Waals surface area contributed by atoms with Crippen molar-refractivity contribution < 1.29 is 26.5 Å². The van der Waals surface area contributed by atoms with Crippen molar-refractivity contribution in [1.82, 2.24) is 20.0 Å². The maximum absolute atomic E-state index is 13.7. The number of aromatic amines is 1. The summed E-state index contributed by atoms with van der Waals surface area (Å²) in [5.41, 5.74) is 4.37. The lowest BCUT2D eigenvalue weighted by Crippen LogP contribution is -2.26. The van der Waals surface area contributed by atoms with Gasteiger partial charge in [0.25, 0.3) is 15.9 Å². The van der Waals surface area contributed by atoms with Gasteiger partial charge >= 0.3 is 0 Å². The van der Waals surface area contributed by atoms with Gasteiger partial charge in [0, 0.05) is 41.2 Å². The fourth-order valence-electron chi connectivity index (χ4n) is 4.85. The Hall–Kier alpha value is -5.23. The summed E-state index contributed by atoms with van der Waals surface area (Å²) in [5.74, 6) is -0.320. The average Bonchev–Trinajstić information content (AvgIpc) is 3.74. The third kappa shape index (κ3) is 5.40. The van der Waals surface area contributed by atoms with Crippen LogP contribution in [-0.2, 0) is 16.6 Å². The van der Waals surface area contributed by atoms with Gasteiger partial charge in [0.05, 0.1) is 16.8 Å². The van der Waals surface area contributed by atoms with Gasteiger partial charge in [-0.1, -0.05) is 29.4 Å². The number of nitrogens with one attached hydrogen (secondary N) is 2. The molecule has 43 heavy (non-hydrogen) atoms. The molecule has 10 nitrogen and oxygen atoms in total. The van der Waals surface area contributed by atoms with E-state index < -0.39 is 15.8 Å². The highest BCUT2D eigenvalue weighted by Gasteiger charge is 2.25. The van der Waals surface area contributed by atoms with Crippen molar-refractivity contribution in [1.29, 1.82) is 0 Å². The first-order valence-corrected chi connectivity index (χ1v) is 14.7. The second kappa shape index (κ2) is 10.9. The molecule has 0 spiro atoms. The average molecular weight is 600 g/mol. The molecule has 218 valence electrons. The normalized spacial score (nSPS) is 11.6. The van der Waals surface area contributed by atoms with Gasteiger partial charge in [-0.05, 0) is 67.4 Å². The van der Waals surface area contributed by atoms with Gasteiger partial charge in [-0.15, -0.1) is 0 Å². The minimum atomic E-state index is -4.11. The number of fused-ring (bicyclic) bond motifs is 1. The highest BCUT2D eigenvalue weighted by atomic mass is 32.2. The topological polar surface area (TPSA) is 134 Å². The predicted molar refractivity (Wildman–Crippen MR) is 158 cm³/mol. The summed E-state index contributed by atoms with van der Waals surface area (Å²) in [6, 6.07) is 17.8. The van der Waals surface area contributed by atoms with Crippen LogP contribution in [0.1, 0.15) is 27.3 Å². The molecule has 0 saturated carbocycles. The number of carbonyl (C=O) groups is 1. The summed E-state index contributed by atoms with van der Waals surface area (Å²) in [7, 11) is -2.47. The highest BCUT2D eigenvalue weighted by molar-refractivity contribution is 7.92. The van der Waals surface area contributed by atoms with Crippen LogP contribution >= 0.6 is 0 Å². The number of anilines is 1. The molecule has 0 unspecified atom stereocenters. The van der Waals surface area contributed by atoms with Crippen molar-refractivity contribution >= 4 is 32.7 Å². The van der Waals surface area contributed by atoms with E-state index in [1.807, 2.05) is 6.07 Å². The molecule has 0 atom stereocenters. The fourth-order valence-corrected chi connectivity index (χ4v) is 6.12. The predicted octanol–water partition coefficient (Wildman–Crippen LogP) is 6.31. The molecule has 0 fully saturated rings. The molecular formula is C31H26FN5O5S. The van der Waals surface area contributed by atoms with Crippen LogP contribution in [0.3, 0.4) is 0 Å². The molecule has 3 aromatic carbocycles. The monoisotopic (exact) mass is 599 g/mol. The lowest BCUT2D eigenvalue weighted by atomic mass is 9.96. The molecule has 0 radical (unpaired) electrons. The zero-order valence-electron chi connectivity index (χ0n) is 23.4. The molecule has 2 N–H and O–H groups in total. The number of benzene rings is 3. The van der Waals surface area contributed by atoms with Crippen LogP contribution < -0.4 is 4.72 Å². The number of sulfonamides is 1. The van der Waals surface area contributed by atoms with Crippen LogP contribution in [0.5, 0.6) is 0 Å².